The maximum Gasteiger partial charge on any atom is 0.339 e. The molecule has 0 N–H and O–H groups in total. The van der Waals surface area contributed by atoms with Gasteiger partial charge in [-0.1, -0.05) is 30.3 Å². The number of carbonyl (C=O) groups is 1. The first-order valence-electron chi connectivity index (χ1n) is 5.27. The highest BCUT2D eigenvalue weighted by Gasteiger charge is 2.09. The van der Waals surface area contributed by atoms with Gasteiger partial charge >= 0.3 is 6.43 Å². The smallest absolute Gasteiger partial charge is 0.300 e. The van der Waals surface area contributed by atoms with Crippen LogP contribution in [0.1, 0.15) is 18.1 Å². The second-order valence-corrected chi connectivity index (χ2v) is 4.04. The summed E-state index contributed by atoms with van der Waals surface area (Å²) < 4.78 is 24.8. The van der Waals surface area contributed by atoms with Crippen molar-refractivity contribution in [1.29, 1.82) is 0 Å². The van der Waals surface area contributed by atoms with Crippen molar-refractivity contribution in [2.45, 2.75) is 13.3 Å². The van der Waals surface area contributed by atoms with Gasteiger partial charge in [0.25, 0.3) is 0 Å². The third-order valence-electron chi connectivity index (χ3n) is 2.58. The highest BCUT2D eigenvalue weighted by atomic mass is 19.3. The Morgan fingerprint density at radius 2 is 1.71 bits per heavy atom. The van der Waals surface area contributed by atoms with E-state index in [1.165, 1.54) is 19.1 Å². The molecule has 0 saturated carbocycles. The minimum absolute atomic E-state index is 0.0585. The van der Waals surface area contributed by atoms with Gasteiger partial charge in [0.05, 0.1) is 0 Å². The van der Waals surface area contributed by atoms with E-state index in [0.717, 1.165) is 16.3 Å². The lowest BCUT2D eigenvalue weighted by Gasteiger charge is -2.04. The third-order valence-corrected chi connectivity index (χ3v) is 2.58. The Balaban J connectivity index is 2.43. The van der Waals surface area contributed by atoms with Crippen molar-refractivity contribution >= 4 is 16.6 Å². The number of hydrogen-bond donors (Lipinski definition) is 0. The van der Waals surface area contributed by atoms with E-state index in [-0.39, 0.29) is 11.3 Å². The number of rotatable bonds is 3. The minimum Gasteiger partial charge on any atom is -0.300 e. The van der Waals surface area contributed by atoms with Gasteiger partial charge in [0, 0.05) is 12.0 Å². The fourth-order valence-electron chi connectivity index (χ4n) is 1.81. The van der Waals surface area contributed by atoms with E-state index >= 15 is 0 Å². The zero-order chi connectivity index (χ0) is 12.4. The van der Waals surface area contributed by atoms with Crippen molar-refractivity contribution in [1.82, 2.24) is 0 Å². The SMILES string of the molecule is CC(=O)Cc1ccc2cc([C](F)F)ccc2c1. The molecule has 3 heteroatoms. The molecule has 0 amide bonds. The molecule has 87 valence electrons. The summed E-state index contributed by atoms with van der Waals surface area (Å²) in [6.45, 7) is 1.53. The highest BCUT2D eigenvalue weighted by Crippen LogP contribution is 2.24. The molecule has 2 aromatic carbocycles. The lowest BCUT2D eigenvalue weighted by Crippen LogP contribution is -1.95. The van der Waals surface area contributed by atoms with Crippen LogP contribution in [0.4, 0.5) is 8.78 Å². The van der Waals surface area contributed by atoms with Crippen molar-refractivity contribution in [2.24, 2.45) is 0 Å². The van der Waals surface area contributed by atoms with Crippen molar-refractivity contribution in [2.75, 3.05) is 0 Å². The molecule has 0 heterocycles. The summed E-state index contributed by atoms with van der Waals surface area (Å²) in [7, 11) is 0. The van der Waals surface area contributed by atoms with Gasteiger partial charge in [-0.05, 0) is 29.3 Å². The van der Waals surface area contributed by atoms with Crippen LogP contribution in [0.3, 0.4) is 0 Å². The average Bonchev–Trinajstić information content (AvgIpc) is 2.27. The number of halogens is 2. The maximum absolute atomic E-state index is 12.4. The molecule has 0 aromatic heterocycles. The van der Waals surface area contributed by atoms with E-state index in [9.17, 15) is 13.6 Å². The molecule has 2 rings (SSSR count). The number of Topliss-reactive ketones (excluding diaryl/α,β-unsaturated/α-hetero) is 1. The number of fused-ring (bicyclic) bond motifs is 1. The highest BCUT2D eigenvalue weighted by molar-refractivity contribution is 5.86. The van der Waals surface area contributed by atoms with Gasteiger partial charge < -0.3 is 0 Å². The molecule has 1 nitrogen and oxygen atoms in total. The molecule has 0 unspecified atom stereocenters. The molecule has 0 fully saturated rings. The molecular weight excluding hydrogens is 222 g/mol. The van der Waals surface area contributed by atoms with Gasteiger partial charge in [-0.25, -0.2) is 0 Å². The van der Waals surface area contributed by atoms with Crippen LogP contribution in [0.2, 0.25) is 0 Å². The molecule has 0 saturated heterocycles. The van der Waals surface area contributed by atoms with E-state index in [2.05, 4.69) is 0 Å². The molecule has 2 aromatic rings. The summed E-state index contributed by atoms with van der Waals surface area (Å²) in [5, 5.41) is 1.62. The summed E-state index contributed by atoms with van der Waals surface area (Å²) in [6.07, 6.45) is -1.30. The zero-order valence-corrected chi connectivity index (χ0v) is 9.34. The summed E-state index contributed by atoms with van der Waals surface area (Å²) in [5.74, 6) is 0.0871. The van der Waals surface area contributed by atoms with Crippen LogP contribution < -0.4 is 0 Å². The van der Waals surface area contributed by atoms with E-state index in [4.69, 9.17) is 0 Å². The van der Waals surface area contributed by atoms with Crippen LogP contribution in [-0.4, -0.2) is 5.78 Å². The lowest BCUT2D eigenvalue weighted by molar-refractivity contribution is -0.116. The number of benzene rings is 2. The van der Waals surface area contributed by atoms with Crippen molar-refractivity contribution in [3.05, 3.63) is 54.0 Å². The Labute approximate surface area is 98.1 Å². The number of hydrogen-bond acceptors (Lipinski definition) is 1. The second-order valence-electron chi connectivity index (χ2n) is 4.04. The predicted octanol–water partition coefficient (Wildman–Crippen LogP) is 3.75. The van der Waals surface area contributed by atoms with Gasteiger partial charge in [-0.2, -0.15) is 8.78 Å². The average molecular weight is 233 g/mol. The lowest BCUT2D eigenvalue weighted by atomic mass is 10.0. The second kappa shape index (κ2) is 4.62. The molecule has 0 aliphatic heterocycles. The standard InChI is InChI=1S/C14H11F2O/c1-9(17)6-10-2-3-12-8-13(14(15)16)5-4-11(12)7-10/h2-5,7-8H,6H2,1H3. The Bertz CT molecular complexity index is 561. The van der Waals surface area contributed by atoms with Gasteiger partial charge in [0.1, 0.15) is 5.78 Å². The fourth-order valence-corrected chi connectivity index (χ4v) is 1.81. The van der Waals surface area contributed by atoms with Crippen LogP contribution in [0.5, 0.6) is 0 Å². The van der Waals surface area contributed by atoms with Crippen LogP contribution in [-0.2, 0) is 11.2 Å². The molecular formula is C14H11F2O. The van der Waals surface area contributed by atoms with Gasteiger partial charge in [0.2, 0.25) is 0 Å². The summed E-state index contributed by atoms with van der Waals surface area (Å²) in [6, 6.07) is 9.89. The van der Waals surface area contributed by atoms with Crippen LogP contribution >= 0.6 is 0 Å². The Kier molecular flexibility index (Phi) is 3.18. The van der Waals surface area contributed by atoms with Crippen LogP contribution in [0.25, 0.3) is 10.8 Å². The van der Waals surface area contributed by atoms with Crippen molar-refractivity contribution < 1.29 is 13.6 Å². The first-order valence-corrected chi connectivity index (χ1v) is 5.27. The van der Waals surface area contributed by atoms with Crippen molar-refractivity contribution in [3.63, 3.8) is 0 Å². The third kappa shape index (κ3) is 2.67. The van der Waals surface area contributed by atoms with E-state index in [0.29, 0.717) is 6.42 Å². The topological polar surface area (TPSA) is 17.1 Å². The normalized spacial score (nSPS) is 11.1. The van der Waals surface area contributed by atoms with Crippen LogP contribution in [0.15, 0.2) is 36.4 Å². The summed E-state index contributed by atoms with van der Waals surface area (Å²) in [5.41, 5.74) is 0.847. The monoisotopic (exact) mass is 233 g/mol. The molecule has 1 radical (unpaired) electrons. The summed E-state index contributed by atoms with van der Waals surface area (Å²) in [4.78, 5) is 11.0. The fraction of sp³-hybridized carbons (Fsp3) is 0.143. The number of carbonyl (C=O) groups excluding carboxylic acids is 1. The van der Waals surface area contributed by atoms with Crippen molar-refractivity contribution in [3.8, 4) is 0 Å². The molecule has 0 atom stereocenters. The Morgan fingerprint density at radius 3 is 2.35 bits per heavy atom. The van der Waals surface area contributed by atoms with Crippen LogP contribution in [0, 0.1) is 6.43 Å². The molecule has 0 aliphatic carbocycles. The van der Waals surface area contributed by atoms with E-state index in [1.54, 1.807) is 18.2 Å². The molecule has 0 bridgehead atoms. The zero-order valence-electron chi connectivity index (χ0n) is 9.34. The molecule has 0 spiro atoms. The molecule has 17 heavy (non-hydrogen) atoms. The Hall–Kier alpha value is -1.77. The largest absolute Gasteiger partial charge is 0.339 e. The first-order chi connectivity index (χ1) is 8.06. The first kappa shape index (κ1) is 11.7. The van der Waals surface area contributed by atoms with Gasteiger partial charge in [0.15, 0.2) is 0 Å². The maximum atomic E-state index is 12.4. The minimum atomic E-state index is -1.68. The van der Waals surface area contributed by atoms with Gasteiger partial charge in [-0.15, -0.1) is 0 Å². The van der Waals surface area contributed by atoms with E-state index < -0.39 is 6.43 Å². The quantitative estimate of drug-likeness (QED) is 0.789. The van der Waals surface area contributed by atoms with E-state index in [1.807, 2.05) is 6.07 Å². The van der Waals surface area contributed by atoms with Gasteiger partial charge in [-0.3, -0.25) is 4.79 Å². The predicted molar refractivity (Wildman–Crippen MR) is 62.9 cm³/mol. The summed E-state index contributed by atoms with van der Waals surface area (Å²) >= 11 is 0. The molecule has 0 aliphatic rings. The number of ketones is 1. The Morgan fingerprint density at radius 1 is 1.06 bits per heavy atom.